The fourth-order valence-electron chi connectivity index (χ4n) is 2.50. The summed E-state index contributed by atoms with van der Waals surface area (Å²) in [6.45, 7) is -6.99. The Bertz CT molecular complexity index is 1170. The van der Waals surface area contributed by atoms with E-state index < -0.39 is 38.8 Å². The van der Waals surface area contributed by atoms with Crippen molar-refractivity contribution in [3.8, 4) is 0 Å². The van der Waals surface area contributed by atoms with Crippen molar-refractivity contribution in [2.75, 3.05) is 13.0 Å². The molecule has 0 aliphatic carbocycles. The Hall–Kier alpha value is -2.13. The maximum absolute atomic E-state index is 8.88. The lowest BCUT2D eigenvalue weighted by atomic mass is 10.1. The minimum absolute atomic E-state index is 0.0528. The van der Waals surface area contributed by atoms with Gasteiger partial charge in [0.1, 0.15) is 5.82 Å². The van der Waals surface area contributed by atoms with Crippen LogP contribution in [0.1, 0.15) is 43.4 Å². The van der Waals surface area contributed by atoms with Crippen LogP contribution in [0.5, 0.6) is 0 Å². The molecule has 0 radical (unpaired) electrons. The zero-order chi connectivity index (χ0) is 24.6. The number of nitrogens with zero attached hydrogens (tertiary/aromatic N) is 3. The molecule has 1 fully saturated rings. The molecule has 0 spiro atoms. The van der Waals surface area contributed by atoms with Crippen molar-refractivity contribution in [2.24, 2.45) is 0 Å². The average molecular weight is 315 g/mol. The molecule has 23 heavy (non-hydrogen) atoms. The fourth-order valence-corrected chi connectivity index (χ4v) is 2.50. The van der Waals surface area contributed by atoms with Gasteiger partial charge >= 0.3 is 0 Å². The van der Waals surface area contributed by atoms with Gasteiger partial charge in [-0.05, 0) is 50.4 Å². The SMILES string of the molecule is [2H]C([2H])(c1ccc(C)cc1)n1c(CN2C([2H])([2H])C([2H])([2H])C([2H])([2H])C2([2H])[2H])nc2ccccc21. The van der Waals surface area contributed by atoms with E-state index in [1.165, 1.54) is 4.57 Å². The Morgan fingerprint density at radius 1 is 1.09 bits per heavy atom. The first-order valence-electron chi connectivity index (χ1n) is 12.4. The van der Waals surface area contributed by atoms with Gasteiger partial charge in [0.15, 0.2) is 0 Å². The molecule has 1 saturated heterocycles. The van der Waals surface area contributed by atoms with Gasteiger partial charge in [-0.25, -0.2) is 4.98 Å². The van der Waals surface area contributed by atoms with Crippen LogP contribution in [0.4, 0.5) is 0 Å². The van der Waals surface area contributed by atoms with Gasteiger partial charge < -0.3 is 4.57 Å². The summed E-state index contributed by atoms with van der Waals surface area (Å²) in [5.41, 5.74) is 2.03. The van der Waals surface area contributed by atoms with Gasteiger partial charge in [0.05, 0.1) is 20.3 Å². The molecule has 0 atom stereocenters. The van der Waals surface area contributed by atoms with E-state index in [4.69, 9.17) is 13.7 Å². The Kier molecular flexibility index (Phi) is 1.93. The quantitative estimate of drug-likeness (QED) is 0.726. The summed E-state index contributed by atoms with van der Waals surface area (Å²) < 4.78 is 84.1. The topological polar surface area (TPSA) is 21.1 Å². The summed E-state index contributed by atoms with van der Waals surface area (Å²) in [7, 11) is 0. The van der Waals surface area contributed by atoms with E-state index in [0.29, 0.717) is 21.5 Å². The molecule has 2 aromatic carbocycles. The number of aryl methyl sites for hydroxylation is 1. The molecule has 0 N–H and O–H groups in total. The molecule has 1 aliphatic heterocycles. The smallest absolute Gasteiger partial charge is 0.124 e. The normalized spacial score (nSPS) is 31.3. The van der Waals surface area contributed by atoms with E-state index in [1.807, 2.05) is 6.92 Å². The number of para-hydroxylation sites is 2. The van der Waals surface area contributed by atoms with Crippen molar-refractivity contribution in [1.82, 2.24) is 14.5 Å². The minimum Gasteiger partial charge on any atom is -0.322 e. The van der Waals surface area contributed by atoms with Crippen LogP contribution in [0.3, 0.4) is 0 Å². The zero-order valence-electron chi connectivity index (χ0n) is 22.7. The van der Waals surface area contributed by atoms with E-state index in [1.54, 1.807) is 48.5 Å². The maximum Gasteiger partial charge on any atom is 0.124 e. The first kappa shape index (κ1) is 7.18. The van der Waals surface area contributed by atoms with Crippen molar-refractivity contribution in [1.29, 1.82) is 0 Å². The van der Waals surface area contributed by atoms with Crippen molar-refractivity contribution >= 4 is 11.0 Å². The highest BCUT2D eigenvalue weighted by atomic mass is 15.2. The second-order valence-electron chi connectivity index (χ2n) is 5.39. The molecule has 118 valence electrons. The molecule has 2 heterocycles. The standard InChI is InChI=1S/C20H23N3/c1-16-8-10-17(11-9-16)14-23-19-7-3-2-6-18(19)21-20(23)15-22-12-4-5-13-22/h2-3,6-11H,4-5,12-15H2,1H3/i4D2,5D2,12D2,13D2,14D2. The Morgan fingerprint density at radius 2 is 1.83 bits per heavy atom. The lowest BCUT2D eigenvalue weighted by molar-refractivity contribution is 0.318. The highest BCUT2D eigenvalue weighted by molar-refractivity contribution is 5.76. The van der Waals surface area contributed by atoms with E-state index in [2.05, 4.69) is 4.98 Å². The van der Waals surface area contributed by atoms with Gasteiger partial charge in [-0.1, -0.05) is 42.0 Å². The number of aromatic nitrogens is 2. The molecular weight excluding hydrogens is 282 g/mol. The van der Waals surface area contributed by atoms with Crippen molar-refractivity contribution in [3.63, 3.8) is 0 Å². The summed E-state index contributed by atoms with van der Waals surface area (Å²) in [6.07, 6.45) is -6.34. The highest BCUT2D eigenvalue weighted by Gasteiger charge is 2.17. The van der Waals surface area contributed by atoms with Crippen molar-refractivity contribution in [3.05, 3.63) is 65.5 Å². The Balaban J connectivity index is 1.91. The first-order chi connectivity index (χ1) is 15.1. The minimum atomic E-state index is -3.17. The third-order valence-corrected chi connectivity index (χ3v) is 3.67. The van der Waals surface area contributed by atoms with Crippen LogP contribution in [0, 0.1) is 6.92 Å². The van der Waals surface area contributed by atoms with Crippen LogP contribution in [0.15, 0.2) is 48.5 Å². The van der Waals surface area contributed by atoms with Crippen LogP contribution in [-0.4, -0.2) is 27.4 Å². The van der Waals surface area contributed by atoms with Gasteiger partial charge in [-0.15, -0.1) is 0 Å². The predicted octanol–water partition coefficient (Wildman–Crippen LogP) is 3.99. The summed E-state index contributed by atoms with van der Waals surface area (Å²) >= 11 is 0. The predicted molar refractivity (Wildman–Crippen MR) is 94.5 cm³/mol. The monoisotopic (exact) mass is 315 g/mol. The summed E-state index contributed by atoms with van der Waals surface area (Å²) in [6, 6.07) is 13.5. The molecule has 0 saturated carbocycles. The van der Waals surface area contributed by atoms with Gasteiger partial charge in [0, 0.05) is 17.5 Å². The summed E-state index contributed by atoms with van der Waals surface area (Å²) in [5.74, 6) is -0.0528. The van der Waals surface area contributed by atoms with E-state index in [-0.39, 0.29) is 5.82 Å². The van der Waals surface area contributed by atoms with E-state index in [9.17, 15) is 0 Å². The number of likely N-dealkylation sites (tertiary alicyclic amines) is 1. The average Bonchev–Trinajstić information content (AvgIpc) is 3.12. The largest absolute Gasteiger partial charge is 0.322 e. The third-order valence-electron chi connectivity index (χ3n) is 3.67. The van der Waals surface area contributed by atoms with Crippen LogP contribution in [0.2, 0.25) is 0 Å². The fraction of sp³-hybridized carbons (Fsp3) is 0.350. The molecule has 3 nitrogen and oxygen atoms in total. The lowest BCUT2D eigenvalue weighted by Gasteiger charge is -2.16. The molecule has 3 aromatic rings. The number of fused-ring (bicyclic) bond motifs is 1. The molecule has 0 amide bonds. The summed E-state index contributed by atoms with van der Waals surface area (Å²) in [4.78, 5) is 4.88. The van der Waals surface area contributed by atoms with Crippen molar-refractivity contribution in [2.45, 2.75) is 32.7 Å². The Morgan fingerprint density at radius 3 is 2.61 bits per heavy atom. The molecule has 0 bridgehead atoms. The number of hydrogen-bond donors (Lipinski definition) is 0. The second kappa shape index (κ2) is 6.17. The molecule has 1 aromatic heterocycles. The van der Waals surface area contributed by atoms with E-state index in [0.717, 1.165) is 5.56 Å². The second-order valence-corrected chi connectivity index (χ2v) is 5.39. The van der Waals surface area contributed by atoms with Crippen molar-refractivity contribution < 1.29 is 13.7 Å². The van der Waals surface area contributed by atoms with Crippen LogP contribution >= 0.6 is 0 Å². The molecule has 4 rings (SSSR count). The van der Waals surface area contributed by atoms with Gasteiger partial charge in [-0.2, -0.15) is 0 Å². The first-order valence-corrected chi connectivity index (χ1v) is 7.38. The zero-order valence-corrected chi connectivity index (χ0v) is 12.7. The molecular formula is C20H23N3. The van der Waals surface area contributed by atoms with Crippen LogP contribution in [-0.2, 0) is 13.0 Å². The number of imidazole rings is 1. The molecule has 0 unspecified atom stereocenters. The summed E-state index contributed by atoms with van der Waals surface area (Å²) in [5, 5.41) is 0. The van der Waals surface area contributed by atoms with Gasteiger partial charge in [0.2, 0.25) is 0 Å². The van der Waals surface area contributed by atoms with Gasteiger partial charge in [-0.3, -0.25) is 4.90 Å². The molecule has 1 aliphatic rings. The third kappa shape index (κ3) is 3.02. The van der Waals surface area contributed by atoms with Crippen LogP contribution < -0.4 is 0 Å². The number of hydrogen-bond acceptors (Lipinski definition) is 2. The van der Waals surface area contributed by atoms with Gasteiger partial charge in [0.25, 0.3) is 0 Å². The lowest BCUT2D eigenvalue weighted by Crippen LogP contribution is -2.21. The van der Waals surface area contributed by atoms with E-state index >= 15 is 0 Å². The molecule has 3 heteroatoms. The maximum atomic E-state index is 8.88. The number of benzene rings is 2. The highest BCUT2D eigenvalue weighted by Crippen LogP contribution is 2.21. The van der Waals surface area contributed by atoms with Crippen LogP contribution in [0.25, 0.3) is 11.0 Å². The number of rotatable bonds is 4. The Labute approximate surface area is 151 Å².